The van der Waals surface area contributed by atoms with Crippen LogP contribution < -0.4 is 5.32 Å². The van der Waals surface area contributed by atoms with Crippen LogP contribution in [0, 0.1) is 0 Å². The fraction of sp³-hybridized carbons (Fsp3) is 0.333. The van der Waals surface area contributed by atoms with Gasteiger partial charge in [-0.15, -0.1) is 22.7 Å². The Kier molecular flexibility index (Phi) is 5.33. The molecular weight excluding hydrogens is 366 g/mol. The number of piperidine rings is 1. The highest BCUT2D eigenvalue weighted by Gasteiger charge is 2.24. The van der Waals surface area contributed by atoms with Gasteiger partial charge in [0.25, 0.3) is 5.91 Å². The van der Waals surface area contributed by atoms with Crippen LogP contribution >= 0.6 is 22.7 Å². The summed E-state index contributed by atoms with van der Waals surface area (Å²) in [5.41, 5.74) is 1.83. The number of hydrogen-bond donors (Lipinski definition) is 1. The molecule has 6 nitrogen and oxygen atoms in total. The van der Waals surface area contributed by atoms with Crippen molar-refractivity contribution in [2.75, 3.05) is 13.1 Å². The van der Waals surface area contributed by atoms with Crippen LogP contribution in [0.2, 0.25) is 0 Å². The number of thiazole rings is 1. The van der Waals surface area contributed by atoms with Crippen LogP contribution in [-0.4, -0.2) is 44.9 Å². The molecule has 134 valence electrons. The van der Waals surface area contributed by atoms with Gasteiger partial charge in [0, 0.05) is 43.4 Å². The normalized spacial score (nSPS) is 15.3. The molecule has 0 spiro atoms. The molecule has 1 fully saturated rings. The Morgan fingerprint density at radius 1 is 1.27 bits per heavy atom. The third kappa shape index (κ3) is 3.98. The van der Waals surface area contributed by atoms with Crippen LogP contribution in [0.4, 0.5) is 0 Å². The SMILES string of the molecule is O=C(c1cccs1)N1CCC(NCc2csc(-c3cnccn3)n2)CC1. The molecule has 0 saturated carbocycles. The van der Waals surface area contributed by atoms with E-state index in [1.165, 1.54) is 11.3 Å². The Balaban J connectivity index is 1.26. The Hall–Kier alpha value is -2.16. The van der Waals surface area contributed by atoms with Gasteiger partial charge in [0.15, 0.2) is 0 Å². The number of hydrogen-bond acceptors (Lipinski definition) is 7. The first-order chi connectivity index (χ1) is 12.8. The standard InChI is InChI=1S/C18H19N5OS2/c24-18(16-2-1-9-25-16)23-7-3-13(4-8-23)21-10-14-12-26-17(22-14)15-11-19-5-6-20-15/h1-2,5-6,9,11-13,21H,3-4,7-8,10H2. The Bertz CT molecular complexity index is 842. The molecular formula is C18H19N5OS2. The number of aromatic nitrogens is 3. The molecule has 0 atom stereocenters. The topological polar surface area (TPSA) is 71.0 Å². The van der Waals surface area contributed by atoms with Gasteiger partial charge < -0.3 is 10.2 Å². The predicted octanol–water partition coefficient (Wildman–Crippen LogP) is 3.06. The van der Waals surface area contributed by atoms with Crippen molar-refractivity contribution in [1.29, 1.82) is 0 Å². The summed E-state index contributed by atoms with van der Waals surface area (Å²) in [6.45, 7) is 2.34. The van der Waals surface area contributed by atoms with Gasteiger partial charge in [-0.1, -0.05) is 6.07 Å². The van der Waals surface area contributed by atoms with E-state index in [0.717, 1.165) is 53.7 Å². The second kappa shape index (κ2) is 8.03. The maximum atomic E-state index is 12.4. The number of carbonyl (C=O) groups is 1. The van der Waals surface area contributed by atoms with Crippen LogP contribution in [0.1, 0.15) is 28.2 Å². The maximum absolute atomic E-state index is 12.4. The first kappa shape index (κ1) is 17.3. The van der Waals surface area contributed by atoms with E-state index >= 15 is 0 Å². The van der Waals surface area contributed by atoms with E-state index < -0.39 is 0 Å². The summed E-state index contributed by atoms with van der Waals surface area (Å²) in [6, 6.07) is 4.24. The molecule has 26 heavy (non-hydrogen) atoms. The fourth-order valence-electron chi connectivity index (χ4n) is 3.01. The Labute approximate surface area is 160 Å². The van der Waals surface area contributed by atoms with Crippen molar-refractivity contribution in [1.82, 2.24) is 25.2 Å². The number of likely N-dealkylation sites (tertiary alicyclic amines) is 1. The minimum Gasteiger partial charge on any atom is -0.338 e. The van der Waals surface area contributed by atoms with Gasteiger partial charge in [-0.2, -0.15) is 0 Å². The molecule has 8 heteroatoms. The maximum Gasteiger partial charge on any atom is 0.263 e. The molecule has 3 aromatic heterocycles. The molecule has 0 radical (unpaired) electrons. The minimum absolute atomic E-state index is 0.159. The lowest BCUT2D eigenvalue weighted by atomic mass is 10.0. The van der Waals surface area contributed by atoms with Gasteiger partial charge in [0.2, 0.25) is 0 Å². The second-order valence-corrected chi connectivity index (χ2v) is 7.97. The summed E-state index contributed by atoms with van der Waals surface area (Å²) in [4.78, 5) is 28.2. The molecule has 3 aromatic rings. The molecule has 1 N–H and O–H groups in total. The molecule has 4 heterocycles. The quantitative estimate of drug-likeness (QED) is 0.731. The zero-order valence-electron chi connectivity index (χ0n) is 14.2. The molecule has 1 aliphatic rings. The molecule has 4 rings (SSSR count). The predicted molar refractivity (Wildman–Crippen MR) is 103 cm³/mol. The van der Waals surface area contributed by atoms with E-state index in [2.05, 4.69) is 25.6 Å². The van der Waals surface area contributed by atoms with Gasteiger partial charge in [-0.25, -0.2) is 4.98 Å². The monoisotopic (exact) mass is 385 g/mol. The zero-order valence-corrected chi connectivity index (χ0v) is 15.8. The number of rotatable bonds is 5. The second-order valence-electron chi connectivity index (χ2n) is 6.16. The summed E-state index contributed by atoms with van der Waals surface area (Å²) < 4.78 is 0. The molecule has 0 unspecified atom stereocenters. The van der Waals surface area contributed by atoms with Gasteiger partial charge in [0.1, 0.15) is 10.7 Å². The summed E-state index contributed by atoms with van der Waals surface area (Å²) in [7, 11) is 0. The first-order valence-electron chi connectivity index (χ1n) is 8.56. The third-order valence-electron chi connectivity index (χ3n) is 4.42. The highest BCUT2D eigenvalue weighted by Crippen LogP contribution is 2.21. The van der Waals surface area contributed by atoms with Crippen molar-refractivity contribution in [3.05, 3.63) is 52.1 Å². The van der Waals surface area contributed by atoms with Gasteiger partial charge in [-0.3, -0.25) is 14.8 Å². The van der Waals surface area contributed by atoms with E-state index in [-0.39, 0.29) is 5.91 Å². The molecule has 0 aliphatic carbocycles. The number of nitrogens with zero attached hydrogens (tertiary/aromatic N) is 4. The molecule has 0 aromatic carbocycles. The van der Waals surface area contributed by atoms with E-state index in [0.29, 0.717) is 6.04 Å². The lowest BCUT2D eigenvalue weighted by Crippen LogP contribution is -2.44. The fourth-order valence-corrected chi connectivity index (χ4v) is 4.48. The summed E-state index contributed by atoms with van der Waals surface area (Å²) in [5.74, 6) is 0.159. The Morgan fingerprint density at radius 3 is 2.88 bits per heavy atom. The molecule has 1 saturated heterocycles. The average Bonchev–Trinajstić information content (AvgIpc) is 3.39. The smallest absolute Gasteiger partial charge is 0.263 e. The van der Waals surface area contributed by atoms with Crippen molar-refractivity contribution in [3.8, 4) is 10.7 Å². The number of nitrogens with one attached hydrogen (secondary N) is 1. The van der Waals surface area contributed by atoms with Crippen molar-refractivity contribution in [2.24, 2.45) is 0 Å². The van der Waals surface area contributed by atoms with Crippen LogP contribution in [-0.2, 0) is 6.54 Å². The average molecular weight is 386 g/mol. The van der Waals surface area contributed by atoms with Crippen molar-refractivity contribution >= 4 is 28.6 Å². The van der Waals surface area contributed by atoms with Crippen LogP contribution in [0.3, 0.4) is 0 Å². The highest BCUT2D eigenvalue weighted by molar-refractivity contribution is 7.13. The van der Waals surface area contributed by atoms with E-state index in [4.69, 9.17) is 0 Å². The molecule has 1 amide bonds. The zero-order chi connectivity index (χ0) is 17.8. The summed E-state index contributed by atoms with van der Waals surface area (Å²) in [6.07, 6.45) is 7.02. The largest absolute Gasteiger partial charge is 0.338 e. The Morgan fingerprint density at radius 2 is 2.15 bits per heavy atom. The van der Waals surface area contributed by atoms with E-state index in [9.17, 15) is 4.79 Å². The minimum atomic E-state index is 0.159. The number of amides is 1. The highest BCUT2D eigenvalue weighted by atomic mass is 32.1. The van der Waals surface area contributed by atoms with E-state index in [1.54, 1.807) is 29.9 Å². The van der Waals surface area contributed by atoms with Gasteiger partial charge >= 0.3 is 0 Å². The lowest BCUT2D eigenvalue weighted by molar-refractivity contribution is 0.0709. The van der Waals surface area contributed by atoms with Crippen LogP contribution in [0.15, 0.2) is 41.5 Å². The van der Waals surface area contributed by atoms with Crippen LogP contribution in [0.5, 0.6) is 0 Å². The first-order valence-corrected chi connectivity index (χ1v) is 10.3. The van der Waals surface area contributed by atoms with Gasteiger partial charge in [-0.05, 0) is 24.3 Å². The summed E-state index contributed by atoms with van der Waals surface area (Å²) in [5, 5.41) is 8.48. The lowest BCUT2D eigenvalue weighted by Gasteiger charge is -2.32. The number of thiophene rings is 1. The number of carbonyl (C=O) groups excluding carboxylic acids is 1. The molecule has 1 aliphatic heterocycles. The van der Waals surface area contributed by atoms with Crippen molar-refractivity contribution < 1.29 is 4.79 Å². The van der Waals surface area contributed by atoms with Crippen molar-refractivity contribution in [3.63, 3.8) is 0 Å². The van der Waals surface area contributed by atoms with E-state index in [1.807, 2.05) is 22.4 Å². The molecule has 0 bridgehead atoms. The van der Waals surface area contributed by atoms with Gasteiger partial charge in [0.05, 0.1) is 16.8 Å². The van der Waals surface area contributed by atoms with Crippen LogP contribution in [0.25, 0.3) is 10.7 Å². The van der Waals surface area contributed by atoms with Crippen molar-refractivity contribution in [2.45, 2.75) is 25.4 Å². The summed E-state index contributed by atoms with van der Waals surface area (Å²) >= 11 is 3.10. The third-order valence-corrected chi connectivity index (χ3v) is 6.19.